The van der Waals surface area contributed by atoms with Gasteiger partial charge in [0.2, 0.25) is 5.43 Å². The Kier molecular flexibility index (Phi) is 6.81. The highest BCUT2D eigenvalue weighted by molar-refractivity contribution is 6.00. The van der Waals surface area contributed by atoms with E-state index in [1.807, 2.05) is 6.92 Å². The van der Waals surface area contributed by atoms with Crippen LogP contribution in [0.1, 0.15) is 46.2 Å². The first-order chi connectivity index (χ1) is 16.2. The predicted molar refractivity (Wildman–Crippen MR) is 119 cm³/mol. The minimum atomic E-state index is -0.927. The van der Waals surface area contributed by atoms with Gasteiger partial charge in [0.25, 0.3) is 5.91 Å². The van der Waals surface area contributed by atoms with Crippen molar-refractivity contribution in [3.05, 3.63) is 63.1 Å². The number of aromatic hydroxyl groups is 1. The maximum atomic E-state index is 13.9. The maximum absolute atomic E-state index is 13.9. The van der Waals surface area contributed by atoms with E-state index in [9.17, 15) is 28.3 Å². The highest BCUT2D eigenvalue weighted by Gasteiger charge is 2.43. The molecule has 1 aromatic heterocycles. The Bertz CT molecular complexity index is 1180. The molecule has 8 nitrogen and oxygen atoms in total. The number of rotatable bonds is 7. The Labute approximate surface area is 195 Å². The molecule has 3 heterocycles. The van der Waals surface area contributed by atoms with E-state index in [2.05, 4.69) is 4.90 Å². The summed E-state index contributed by atoms with van der Waals surface area (Å²) in [5.74, 6) is -3.31. The lowest BCUT2D eigenvalue weighted by molar-refractivity contribution is -0.0396. The van der Waals surface area contributed by atoms with E-state index >= 15 is 0 Å². The molecule has 1 aromatic carbocycles. The third-order valence-electron chi connectivity index (χ3n) is 6.62. The van der Waals surface area contributed by atoms with Crippen LogP contribution in [0.15, 0.2) is 29.2 Å². The summed E-state index contributed by atoms with van der Waals surface area (Å²) in [6.45, 7) is 4.05. The summed E-state index contributed by atoms with van der Waals surface area (Å²) in [7, 11) is 1.60. The molecule has 0 spiro atoms. The van der Waals surface area contributed by atoms with Crippen molar-refractivity contribution in [1.29, 1.82) is 0 Å². The summed E-state index contributed by atoms with van der Waals surface area (Å²) in [5.41, 5.74) is -1.18. The van der Waals surface area contributed by atoms with Gasteiger partial charge in [0.1, 0.15) is 17.8 Å². The molecule has 1 unspecified atom stereocenters. The van der Waals surface area contributed by atoms with Crippen LogP contribution >= 0.6 is 0 Å². The number of hydrogen-bond acceptors (Lipinski definition) is 6. The molecule has 10 heteroatoms. The summed E-state index contributed by atoms with van der Waals surface area (Å²) < 4.78 is 33.7. The molecule has 2 aromatic rings. The third-order valence-corrected chi connectivity index (χ3v) is 6.62. The summed E-state index contributed by atoms with van der Waals surface area (Å²) >= 11 is 0. The van der Waals surface area contributed by atoms with Gasteiger partial charge in [0.05, 0.1) is 18.7 Å². The number of carbonyl (C=O) groups is 2. The fourth-order valence-corrected chi connectivity index (χ4v) is 4.74. The minimum Gasteiger partial charge on any atom is -0.503 e. The van der Waals surface area contributed by atoms with Crippen LogP contribution in [-0.2, 0) is 17.7 Å². The highest BCUT2D eigenvalue weighted by atomic mass is 19.1. The van der Waals surface area contributed by atoms with E-state index in [1.54, 1.807) is 12.0 Å². The van der Waals surface area contributed by atoms with Gasteiger partial charge in [-0.15, -0.1) is 0 Å². The number of ketones is 1. The molecule has 34 heavy (non-hydrogen) atoms. The van der Waals surface area contributed by atoms with Crippen LogP contribution < -0.4 is 5.43 Å². The van der Waals surface area contributed by atoms with E-state index in [0.717, 1.165) is 25.1 Å². The molecule has 4 rings (SSSR count). The Morgan fingerprint density at radius 3 is 2.74 bits per heavy atom. The number of aryl methyl sites for hydroxylation is 1. The molecular weight excluding hydrogens is 448 g/mol. The molecule has 2 atom stereocenters. The summed E-state index contributed by atoms with van der Waals surface area (Å²) in [6, 6.07) is 3.00. The second-order valence-corrected chi connectivity index (χ2v) is 8.74. The minimum absolute atomic E-state index is 0.0372. The molecule has 0 saturated carbocycles. The highest BCUT2D eigenvalue weighted by Crippen LogP contribution is 2.31. The van der Waals surface area contributed by atoms with Crippen molar-refractivity contribution in [2.45, 2.75) is 44.9 Å². The van der Waals surface area contributed by atoms with Crippen molar-refractivity contribution in [1.82, 2.24) is 14.4 Å². The number of nitrogens with zero attached hydrogens (tertiary/aromatic N) is 3. The van der Waals surface area contributed by atoms with Gasteiger partial charge in [0.15, 0.2) is 17.2 Å². The van der Waals surface area contributed by atoms with Gasteiger partial charge in [-0.05, 0) is 31.4 Å². The van der Waals surface area contributed by atoms with Crippen LogP contribution in [0, 0.1) is 11.6 Å². The Morgan fingerprint density at radius 2 is 2.03 bits per heavy atom. The molecule has 1 amide bonds. The van der Waals surface area contributed by atoms with Gasteiger partial charge in [0, 0.05) is 44.9 Å². The zero-order chi connectivity index (χ0) is 24.6. The lowest BCUT2D eigenvalue weighted by Crippen LogP contribution is -2.64. The first kappa shape index (κ1) is 24.0. The smallest absolute Gasteiger partial charge is 0.276 e. The Morgan fingerprint density at radius 1 is 1.26 bits per heavy atom. The molecule has 2 aliphatic heterocycles. The molecule has 182 valence electrons. The number of amides is 1. The fourth-order valence-electron chi connectivity index (χ4n) is 4.74. The van der Waals surface area contributed by atoms with Crippen LogP contribution in [-0.4, -0.2) is 70.2 Å². The molecule has 0 bridgehead atoms. The quantitative estimate of drug-likeness (QED) is 0.618. The molecule has 1 fully saturated rings. The van der Waals surface area contributed by atoms with Crippen molar-refractivity contribution in [2.75, 3.05) is 26.8 Å². The predicted octanol–water partition coefficient (Wildman–Crippen LogP) is 2.17. The zero-order valence-electron chi connectivity index (χ0n) is 19.1. The van der Waals surface area contributed by atoms with E-state index in [-0.39, 0.29) is 48.4 Å². The molecular formula is C24H27F2N3O5. The van der Waals surface area contributed by atoms with Crippen LogP contribution in [0.5, 0.6) is 5.75 Å². The number of aromatic nitrogens is 1. The van der Waals surface area contributed by atoms with Crippen LogP contribution in [0.4, 0.5) is 8.78 Å². The number of fused-ring (bicyclic) bond motifs is 2. The van der Waals surface area contributed by atoms with Crippen molar-refractivity contribution < 1.29 is 28.2 Å². The van der Waals surface area contributed by atoms with E-state index in [4.69, 9.17) is 4.74 Å². The van der Waals surface area contributed by atoms with Gasteiger partial charge < -0.3 is 19.3 Å². The standard InChI is InChI=1S/C24H27F2N3O5/c1-14-7-8-27(9-10-34-2)20-13-28-12-17(22(31)23(32)21(28)24(33)29(14)20)19(30)6-4-15-3-5-16(25)11-18(15)26/h3,5,11-12,14,20,32H,4,6-10,13H2,1-2H3/t14?,20-/m0/s1. The first-order valence-electron chi connectivity index (χ1n) is 11.2. The third kappa shape index (κ3) is 4.35. The van der Waals surface area contributed by atoms with Gasteiger partial charge in [-0.25, -0.2) is 8.78 Å². The van der Waals surface area contributed by atoms with Gasteiger partial charge in [-0.3, -0.25) is 19.3 Å². The van der Waals surface area contributed by atoms with Crippen LogP contribution in [0.2, 0.25) is 0 Å². The first-order valence-corrected chi connectivity index (χ1v) is 11.2. The Balaban J connectivity index is 1.63. The van der Waals surface area contributed by atoms with Gasteiger partial charge in [-0.2, -0.15) is 0 Å². The number of methoxy groups -OCH3 is 1. The lowest BCUT2D eigenvalue weighted by atomic mass is 10.00. The number of benzene rings is 1. The van der Waals surface area contributed by atoms with Crippen LogP contribution in [0.25, 0.3) is 0 Å². The number of halogens is 2. The molecule has 0 aliphatic carbocycles. The zero-order valence-corrected chi connectivity index (χ0v) is 19.1. The van der Waals surface area contributed by atoms with Crippen molar-refractivity contribution in [3.63, 3.8) is 0 Å². The Hall–Kier alpha value is -3.11. The van der Waals surface area contributed by atoms with E-state index in [1.165, 1.54) is 16.8 Å². The molecule has 1 saturated heterocycles. The SMILES string of the molecule is COCCN1CCC(C)N2C(=O)c3c(O)c(=O)c(C(=O)CCc4ccc(F)cc4F)cn3C[C@@H]12. The van der Waals surface area contributed by atoms with Crippen molar-refractivity contribution in [3.8, 4) is 5.75 Å². The van der Waals surface area contributed by atoms with Crippen LogP contribution in [0.3, 0.4) is 0 Å². The number of pyridine rings is 1. The van der Waals surface area contributed by atoms with Gasteiger partial charge in [-0.1, -0.05) is 6.07 Å². The lowest BCUT2D eigenvalue weighted by Gasteiger charge is -2.50. The largest absolute Gasteiger partial charge is 0.503 e. The monoisotopic (exact) mass is 475 g/mol. The number of carbonyl (C=O) groups excluding carboxylic acids is 2. The fraction of sp³-hybridized carbons (Fsp3) is 0.458. The number of Topliss-reactive ketones (excluding diaryl/α,β-unsaturated/α-hetero) is 1. The van der Waals surface area contributed by atoms with Crippen molar-refractivity contribution >= 4 is 11.7 Å². The second kappa shape index (κ2) is 9.63. The van der Waals surface area contributed by atoms with Gasteiger partial charge >= 0.3 is 0 Å². The number of hydrogen-bond donors (Lipinski definition) is 1. The topological polar surface area (TPSA) is 92.1 Å². The average molecular weight is 475 g/mol. The van der Waals surface area contributed by atoms with E-state index in [0.29, 0.717) is 13.2 Å². The summed E-state index contributed by atoms with van der Waals surface area (Å²) in [5, 5.41) is 10.6. The average Bonchev–Trinajstić information content (AvgIpc) is 2.80. The summed E-state index contributed by atoms with van der Waals surface area (Å²) in [6.07, 6.45) is 1.50. The normalized spacial score (nSPS) is 20.2. The molecule has 1 N–H and O–H groups in total. The second-order valence-electron chi connectivity index (χ2n) is 8.74. The maximum Gasteiger partial charge on any atom is 0.276 e. The van der Waals surface area contributed by atoms with Crippen molar-refractivity contribution in [2.24, 2.45) is 0 Å². The molecule has 2 aliphatic rings. The number of ether oxygens (including phenoxy) is 1. The molecule has 0 radical (unpaired) electrons. The summed E-state index contributed by atoms with van der Waals surface area (Å²) in [4.78, 5) is 42.7. The van der Waals surface area contributed by atoms with E-state index < -0.39 is 34.5 Å².